The normalized spacial score (nSPS) is 11.9. The van der Waals surface area contributed by atoms with E-state index in [4.69, 9.17) is 4.74 Å². The number of amides is 1. The molecule has 0 bridgehead atoms. The molecule has 0 spiro atoms. The molecule has 3 nitrogen and oxygen atoms in total. The van der Waals surface area contributed by atoms with Gasteiger partial charge in [0, 0.05) is 23.4 Å². The molecule has 0 aliphatic carbocycles. The number of fused-ring (bicyclic) bond motifs is 1. The summed E-state index contributed by atoms with van der Waals surface area (Å²) in [6.07, 6.45) is 0.152. The lowest BCUT2D eigenvalue weighted by Crippen LogP contribution is -2.39. The van der Waals surface area contributed by atoms with E-state index in [1.165, 1.54) is 11.1 Å². The van der Waals surface area contributed by atoms with E-state index in [1.807, 2.05) is 49.0 Å². The largest absolute Gasteiger partial charge is 0.480 e. The zero-order valence-electron chi connectivity index (χ0n) is 16.5. The zero-order chi connectivity index (χ0) is 19.8. The molecule has 146 valence electrons. The van der Waals surface area contributed by atoms with Crippen molar-refractivity contribution in [2.24, 2.45) is 0 Å². The van der Waals surface area contributed by atoms with Gasteiger partial charge in [0.1, 0.15) is 5.75 Å². The summed E-state index contributed by atoms with van der Waals surface area (Å²) in [6.45, 7) is 4.71. The van der Waals surface area contributed by atoms with Crippen molar-refractivity contribution >= 4 is 28.4 Å². The predicted molar refractivity (Wildman–Crippen MR) is 119 cm³/mol. The molecule has 0 radical (unpaired) electrons. The van der Waals surface area contributed by atoms with Crippen molar-refractivity contribution in [1.29, 1.82) is 0 Å². The number of carbonyl (C=O) groups excluding carboxylic acids is 1. The summed E-state index contributed by atoms with van der Waals surface area (Å²) in [5.41, 5.74) is 2.59. The Hall–Kier alpha value is -2.46. The van der Waals surface area contributed by atoms with Crippen LogP contribution >= 0.6 is 11.8 Å². The number of thioether (sulfide) groups is 1. The molecule has 0 unspecified atom stereocenters. The van der Waals surface area contributed by atoms with E-state index in [9.17, 15) is 4.79 Å². The highest BCUT2D eigenvalue weighted by atomic mass is 32.2. The summed E-state index contributed by atoms with van der Waals surface area (Å²) in [7, 11) is 0. The molecule has 0 fully saturated rings. The fraction of sp³-hybridized carbons (Fsp3) is 0.292. The minimum atomic E-state index is -0.479. The lowest BCUT2D eigenvalue weighted by atomic mass is 10.1. The molecule has 0 aliphatic rings. The van der Waals surface area contributed by atoms with Gasteiger partial charge in [-0.2, -0.15) is 11.8 Å². The van der Waals surface area contributed by atoms with Crippen molar-refractivity contribution < 1.29 is 9.53 Å². The Morgan fingerprint density at radius 3 is 2.57 bits per heavy atom. The number of hydrogen-bond donors (Lipinski definition) is 1. The van der Waals surface area contributed by atoms with Crippen molar-refractivity contribution in [2.75, 3.05) is 12.3 Å². The number of carbonyl (C=O) groups is 1. The molecule has 0 aliphatic heterocycles. The lowest BCUT2D eigenvalue weighted by Gasteiger charge is -2.18. The Kier molecular flexibility index (Phi) is 7.38. The fourth-order valence-corrected chi connectivity index (χ4v) is 3.83. The molecule has 0 saturated carbocycles. The van der Waals surface area contributed by atoms with Crippen LogP contribution in [-0.2, 0) is 10.5 Å². The smallest absolute Gasteiger partial charge is 0.261 e. The Bertz CT molecular complexity index is 903. The van der Waals surface area contributed by atoms with Crippen LogP contribution in [0.3, 0.4) is 0 Å². The zero-order valence-corrected chi connectivity index (χ0v) is 17.3. The van der Waals surface area contributed by atoms with Gasteiger partial charge >= 0.3 is 0 Å². The summed E-state index contributed by atoms with van der Waals surface area (Å²) in [5.74, 6) is 2.55. The lowest BCUT2D eigenvalue weighted by molar-refractivity contribution is -0.127. The van der Waals surface area contributed by atoms with Gasteiger partial charge in [0.05, 0.1) is 0 Å². The number of hydrogen-bond acceptors (Lipinski definition) is 3. The second-order valence-electron chi connectivity index (χ2n) is 6.82. The molecule has 1 N–H and O–H groups in total. The Morgan fingerprint density at radius 2 is 1.79 bits per heavy atom. The summed E-state index contributed by atoms with van der Waals surface area (Å²) < 4.78 is 6.06. The summed E-state index contributed by atoms with van der Waals surface area (Å²) >= 11 is 1.82. The second kappa shape index (κ2) is 10.2. The average molecular weight is 394 g/mol. The molecule has 1 atom stereocenters. The van der Waals surface area contributed by atoms with Gasteiger partial charge in [0.25, 0.3) is 5.91 Å². The number of nitrogens with one attached hydrogen (secondary N) is 1. The molecular formula is C24H27NO2S. The maximum atomic E-state index is 12.5. The predicted octanol–water partition coefficient (Wildman–Crippen LogP) is 5.36. The van der Waals surface area contributed by atoms with Crippen LogP contribution < -0.4 is 10.1 Å². The van der Waals surface area contributed by atoms with Crippen LogP contribution in [0.5, 0.6) is 5.75 Å². The molecule has 3 rings (SSSR count). The highest BCUT2D eigenvalue weighted by Crippen LogP contribution is 2.26. The van der Waals surface area contributed by atoms with E-state index in [0.29, 0.717) is 13.0 Å². The van der Waals surface area contributed by atoms with Gasteiger partial charge in [-0.15, -0.1) is 0 Å². The maximum absolute atomic E-state index is 12.5. The Morgan fingerprint density at radius 1 is 1.04 bits per heavy atom. The van der Waals surface area contributed by atoms with Crippen LogP contribution in [0, 0.1) is 6.92 Å². The van der Waals surface area contributed by atoms with Gasteiger partial charge in [0.2, 0.25) is 0 Å². The third kappa shape index (κ3) is 5.52. The first-order chi connectivity index (χ1) is 13.7. The maximum Gasteiger partial charge on any atom is 0.261 e. The van der Waals surface area contributed by atoms with E-state index in [0.717, 1.165) is 28.0 Å². The third-order valence-corrected chi connectivity index (χ3v) is 5.65. The van der Waals surface area contributed by atoms with Crippen molar-refractivity contribution in [3.8, 4) is 5.75 Å². The van der Waals surface area contributed by atoms with Crippen LogP contribution in [0.1, 0.15) is 24.5 Å². The molecule has 28 heavy (non-hydrogen) atoms. The first-order valence-electron chi connectivity index (χ1n) is 9.73. The molecule has 0 saturated heterocycles. The number of aryl methyl sites for hydroxylation is 1. The van der Waals surface area contributed by atoms with E-state index >= 15 is 0 Å². The summed E-state index contributed by atoms with van der Waals surface area (Å²) in [6, 6.07) is 22.6. The Labute approximate surface area is 171 Å². The molecule has 3 aromatic rings. The molecule has 1 amide bonds. The topological polar surface area (TPSA) is 38.3 Å². The third-order valence-electron chi connectivity index (χ3n) is 4.62. The highest BCUT2D eigenvalue weighted by Gasteiger charge is 2.18. The number of ether oxygens (including phenoxy) is 1. The van der Waals surface area contributed by atoms with E-state index in [1.54, 1.807) is 0 Å². The van der Waals surface area contributed by atoms with E-state index in [-0.39, 0.29) is 5.91 Å². The van der Waals surface area contributed by atoms with Gasteiger partial charge in [-0.05, 0) is 30.4 Å². The number of benzene rings is 3. The van der Waals surface area contributed by atoms with Crippen molar-refractivity contribution in [2.45, 2.75) is 32.1 Å². The van der Waals surface area contributed by atoms with Crippen LogP contribution in [0.25, 0.3) is 10.8 Å². The first kappa shape index (κ1) is 20.3. The van der Waals surface area contributed by atoms with Gasteiger partial charge in [-0.1, -0.05) is 73.2 Å². The Balaban J connectivity index is 1.47. The van der Waals surface area contributed by atoms with Gasteiger partial charge in [-0.25, -0.2) is 0 Å². The molecule has 0 heterocycles. The highest BCUT2D eigenvalue weighted by molar-refractivity contribution is 7.98. The molecule has 3 aromatic carbocycles. The minimum absolute atomic E-state index is 0.0497. The average Bonchev–Trinajstić information content (AvgIpc) is 2.73. The standard InChI is InChI=1S/C24H27NO2S/c1-3-22(27-23-10-6-8-20-7-4-5-9-21(20)23)24(26)25-15-16-28-17-19-13-11-18(2)12-14-19/h4-14,22H,3,15-17H2,1-2H3,(H,25,26)/t22-/m0/s1. The van der Waals surface area contributed by atoms with Crippen LogP contribution in [0.2, 0.25) is 0 Å². The summed E-state index contributed by atoms with van der Waals surface area (Å²) in [5, 5.41) is 5.16. The van der Waals surface area contributed by atoms with Crippen molar-refractivity contribution in [1.82, 2.24) is 5.32 Å². The molecule has 0 aromatic heterocycles. The second-order valence-corrected chi connectivity index (χ2v) is 7.93. The van der Waals surface area contributed by atoms with E-state index < -0.39 is 6.10 Å². The molecule has 4 heteroatoms. The number of rotatable bonds is 9. The minimum Gasteiger partial charge on any atom is -0.480 e. The first-order valence-corrected chi connectivity index (χ1v) is 10.9. The van der Waals surface area contributed by atoms with Crippen LogP contribution in [-0.4, -0.2) is 24.3 Å². The fourth-order valence-electron chi connectivity index (χ4n) is 3.01. The monoisotopic (exact) mass is 393 g/mol. The summed E-state index contributed by atoms with van der Waals surface area (Å²) in [4.78, 5) is 12.5. The van der Waals surface area contributed by atoms with E-state index in [2.05, 4.69) is 48.6 Å². The van der Waals surface area contributed by atoms with Crippen molar-refractivity contribution in [3.63, 3.8) is 0 Å². The SMILES string of the molecule is CC[C@H](Oc1cccc2ccccc12)C(=O)NCCSCc1ccc(C)cc1. The van der Waals surface area contributed by atoms with Gasteiger partial charge < -0.3 is 10.1 Å². The molecular weight excluding hydrogens is 366 g/mol. The van der Waals surface area contributed by atoms with Gasteiger partial charge in [-0.3, -0.25) is 4.79 Å². The van der Waals surface area contributed by atoms with Crippen molar-refractivity contribution in [3.05, 3.63) is 77.9 Å². The van der Waals surface area contributed by atoms with Gasteiger partial charge in [0.15, 0.2) is 6.10 Å². The van der Waals surface area contributed by atoms with Crippen LogP contribution in [0.15, 0.2) is 66.7 Å². The van der Waals surface area contributed by atoms with Crippen LogP contribution in [0.4, 0.5) is 0 Å². The quantitative estimate of drug-likeness (QED) is 0.498.